The van der Waals surface area contributed by atoms with Crippen molar-refractivity contribution in [1.29, 1.82) is 5.26 Å². The molecule has 0 aromatic carbocycles. The second-order valence-corrected chi connectivity index (χ2v) is 3.27. The number of ether oxygens (including phenoxy) is 1. The third kappa shape index (κ3) is 2.17. The minimum atomic E-state index is -0.467. The molecule has 18 heavy (non-hydrogen) atoms. The van der Waals surface area contributed by atoms with Crippen LogP contribution in [0.15, 0.2) is 24.7 Å². The molecule has 0 spiro atoms. The highest BCUT2D eigenvalue weighted by atomic mass is 16.5. The minimum absolute atomic E-state index is 0.274. The molecular weight excluding hydrogens is 234 g/mol. The Balaban J connectivity index is 2.36. The number of rotatable bonds is 3. The highest BCUT2D eigenvalue weighted by molar-refractivity contribution is 5.88. The van der Waals surface area contributed by atoms with Gasteiger partial charge >= 0.3 is 5.97 Å². The van der Waals surface area contributed by atoms with Crippen LogP contribution in [-0.2, 0) is 4.74 Å². The Morgan fingerprint density at radius 3 is 3.17 bits per heavy atom. The summed E-state index contributed by atoms with van der Waals surface area (Å²) in [6.45, 7) is 2.01. The van der Waals surface area contributed by atoms with E-state index in [-0.39, 0.29) is 5.82 Å². The van der Waals surface area contributed by atoms with E-state index in [4.69, 9.17) is 10.00 Å². The van der Waals surface area contributed by atoms with E-state index >= 15 is 0 Å². The number of carbonyl (C=O) groups excluding carboxylic acids is 1. The van der Waals surface area contributed by atoms with Crippen molar-refractivity contribution in [2.75, 3.05) is 6.61 Å². The SMILES string of the molecule is CCOC(=O)c1cnn(-c2nnccc2C#N)c1. The van der Waals surface area contributed by atoms with E-state index in [1.165, 1.54) is 29.3 Å². The van der Waals surface area contributed by atoms with Crippen LogP contribution in [0.4, 0.5) is 0 Å². The summed E-state index contributed by atoms with van der Waals surface area (Å²) in [5.74, 6) is -0.193. The Labute approximate surface area is 103 Å². The number of carbonyl (C=O) groups is 1. The summed E-state index contributed by atoms with van der Waals surface area (Å²) in [5, 5.41) is 20.4. The van der Waals surface area contributed by atoms with Crippen molar-refractivity contribution in [3.05, 3.63) is 35.8 Å². The average Bonchev–Trinajstić information content (AvgIpc) is 2.88. The molecule has 0 aliphatic rings. The number of nitrogens with zero attached hydrogens (tertiary/aromatic N) is 5. The third-order valence-corrected chi connectivity index (χ3v) is 2.13. The quantitative estimate of drug-likeness (QED) is 0.737. The summed E-state index contributed by atoms with van der Waals surface area (Å²) >= 11 is 0. The van der Waals surface area contributed by atoms with Gasteiger partial charge in [0.25, 0.3) is 0 Å². The average molecular weight is 243 g/mol. The molecule has 0 fully saturated rings. The summed E-state index contributed by atoms with van der Waals surface area (Å²) in [7, 11) is 0. The van der Waals surface area contributed by atoms with Gasteiger partial charge in [-0.15, -0.1) is 5.10 Å². The molecule has 0 aliphatic carbocycles. The van der Waals surface area contributed by atoms with Crippen molar-refractivity contribution < 1.29 is 9.53 Å². The first-order valence-corrected chi connectivity index (χ1v) is 5.20. The second-order valence-electron chi connectivity index (χ2n) is 3.27. The predicted molar refractivity (Wildman–Crippen MR) is 59.8 cm³/mol. The van der Waals surface area contributed by atoms with Gasteiger partial charge in [0, 0.05) is 6.20 Å². The van der Waals surface area contributed by atoms with Crippen LogP contribution < -0.4 is 0 Å². The van der Waals surface area contributed by atoms with Gasteiger partial charge in [0.1, 0.15) is 11.6 Å². The number of hydrogen-bond acceptors (Lipinski definition) is 6. The van der Waals surface area contributed by atoms with Gasteiger partial charge in [0.15, 0.2) is 5.82 Å². The molecule has 0 unspecified atom stereocenters. The van der Waals surface area contributed by atoms with Crippen molar-refractivity contribution in [2.45, 2.75) is 6.92 Å². The Kier molecular flexibility index (Phi) is 3.29. The second kappa shape index (κ2) is 5.05. The molecule has 0 aliphatic heterocycles. The zero-order chi connectivity index (χ0) is 13.0. The van der Waals surface area contributed by atoms with Gasteiger partial charge in [0.2, 0.25) is 0 Å². The first-order valence-electron chi connectivity index (χ1n) is 5.20. The topological polar surface area (TPSA) is 93.7 Å². The molecule has 0 atom stereocenters. The lowest BCUT2D eigenvalue weighted by Gasteiger charge is -2.00. The summed E-state index contributed by atoms with van der Waals surface area (Å²) in [5.41, 5.74) is 0.620. The zero-order valence-corrected chi connectivity index (χ0v) is 9.57. The van der Waals surface area contributed by atoms with Crippen LogP contribution in [0.5, 0.6) is 0 Å². The van der Waals surface area contributed by atoms with E-state index in [1.54, 1.807) is 6.92 Å². The van der Waals surface area contributed by atoms with E-state index < -0.39 is 5.97 Å². The first kappa shape index (κ1) is 11.7. The van der Waals surface area contributed by atoms with E-state index in [2.05, 4.69) is 15.3 Å². The van der Waals surface area contributed by atoms with Crippen molar-refractivity contribution in [1.82, 2.24) is 20.0 Å². The molecule has 7 heteroatoms. The Bertz CT molecular complexity index is 614. The van der Waals surface area contributed by atoms with Gasteiger partial charge in [-0.25, -0.2) is 9.48 Å². The van der Waals surface area contributed by atoms with Crippen LogP contribution in [0.1, 0.15) is 22.8 Å². The summed E-state index contributed by atoms with van der Waals surface area (Å²) in [6, 6.07) is 3.50. The Morgan fingerprint density at radius 2 is 2.44 bits per heavy atom. The van der Waals surface area contributed by atoms with Crippen LogP contribution in [0.3, 0.4) is 0 Å². The number of hydrogen-bond donors (Lipinski definition) is 0. The lowest BCUT2D eigenvalue weighted by molar-refractivity contribution is 0.0526. The smallest absolute Gasteiger partial charge is 0.341 e. The van der Waals surface area contributed by atoms with Crippen molar-refractivity contribution in [3.8, 4) is 11.9 Å². The Hall–Kier alpha value is -2.75. The van der Waals surface area contributed by atoms with Gasteiger partial charge in [0.05, 0.1) is 24.6 Å². The Morgan fingerprint density at radius 1 is 1.61 bits per heavy atom. The molecule has 0 amide bonds. The fourth-order valence-corrected chi connectivity index (χ4v) is 1.34. The summed E-state index contributed by atoms with van der Waals surface area (Å²) < 4.78 is 6.16. The molecule has 7 nitrogen and oxygen atoms in total. The summed E-state index contributed by atoms with van der Waals surface area (Å²) in [6.07, 6.45) is 4.22. The van der Waals surface area contributed by atoms with Crippen LogP contribution in [-0.4, -0.2) is 32.6 Å². The van der Waals surface area contributed by atoms with Gasteiger partial charge in [-0.05, 0) is 13.0 Å². The normalized spacial score (nSPS) is 9.78. The molecule has 2 rings (SSSR count). The van der Waals surface area contributed by atoms with Crippen molar-refractivity contribution >= 4 is 5.97 Å². The van der Waals surface area contributed by atoms with Crippen LogP contribution in [0.25, 0.3) is 5.82 Å². The maximum absolute atomic E-state index is 11.5. The molecule has 0 saturated heterocycles. The first-order chi connectivity index (χ1) is 8.76. The lowest BCUT2D eigenvalue weighted by Crippen LogP contribution is -2.04. The van der Waals surface area contributed by atoms with E-state index in [1.807, 2.05) is 6.07 Å². The van der Waals surface area contributed by atoms with E-state index in [9.17, 15) is 4.79 Å². The van der Waals surface area contributed by atoms with Crippen molar-refractivity contribution in [2.24, 2.45) is 0 Å². The number of nitriles is 1. The highest BCUT2D eigenvalue weighted by Gasteiger charge is 2.13. The highest BCUT2D eigenvalue weighted by Crippen LogP contribution is 2.10. The maximum Gasteiger partial charge on any atom is 0.341 e. The van der Waals surface area contributed by atoms with Gasteiger partial charge in [-0.3, -0.25) is 0 Å². The minimum Gasteiger partial charge on any atom is -0.462 e. The molecule has 0 N–H and O–H groups in total. The molecular formula is C11H9N5O2. The maximum atomic E-state index is 11.5. The molecule has 0 saturated carbocycles. The summed E-state index contributed by atoms with van der Waals surface area (Å²) in [4.78, 5) is 11.5. The lowest BCUT2D eigenvalue weighted by atomic mass is 10.3. The standard InChI is InChI=1S/C11H9N5O2/c1-2-18-11(17)9-6-14-16(7-9)10-8(5-12)3-4-13-15-10/h3-4,6-7H,2H2,1H3. The van der Waals surface area contributed by atoms with Crippen LogP contribution in [0.2, 0.25) is 0 Å². The van der Waals surface area contributed by atoms with E-state index in [0.717, 1.165) is 0 Å². The largest absolute Gasteiger partial charge is 0.462 e. The molecule has 90 valence electrons. The van der Waals surface area contributed by atoms with Crippen molar-refractivity contribution in [3.63, 3.8) is 0 Å². The third-order valence-electron chi connectivity index (χ3n) is 2.13. The zero-order valence-electron chi connectivity index (χ0n) is 9.57. The molecule has 0 bridgehead atoms. The number of esters is 1. The molecule has 0 radical (unpaired) electrons. The van der Waals surface area contributed by atoms with Gasteiger partial charge in [-0.1, -0.05) is 0 Å². The molecule has 2 aromatic heterocycles. The monoisotopic (exact) mass is 243 g/mol. The van der Waals surface area contributed by atoms with Crippen LogP contribution >= 0.6 is 0 Å². The van der Waals surface area contributed by atoms with Gasteiger partial charge in [-0.2, -0.15) is 15.5 Å². The van der Waals surface area contributed by atoms with E-state index in [0.29, 0.717) is 17.7 Å². The molecule has 2 aromatic rings. The van der Waals surface area contributed by atoms with Gasteiger partial charge < -0.3 is 4.74 Å². The fraction of sp³-hybridized carbons (Fsp3) is 0.182. The number of aromatic nitrogens is 4. The van der Waals surface area contributed by atoms with Crippen LogP contribution in [0, 0.1) is 11.3 Å². The fourth-order valence-electron chi connectivity index (χ4n) is 1.34. The molecule has 2 heterocycles. The predicted octanol–water partition coefficient (Wildman–Crippen LogP) is 0.711.